The Bertz CT molecular complexity index is 493. The molecule has 1 aromatic rings. The van der Waals surface area contributed by atoms with Crippen LogP contribution in [0.15, 0.2) is 18.2 Å². The number of hydrogen-bond donors (Lipinski definition) is 1. The average Bonchev–Trinajstić information content (AvgIpc) is 2.39. The number of thioether (sulfide) groups is 1. The maximum atomic E-state index is 10.7. The molecule has 18 heavy (non-hydrogen) atoms. The number of nitrogens with one attached hydrogen (secondary N) is 1. The Morgan fingerprint density at radius 2 is 2.17 bits per heavy atom. The van der Waals surface area contributed by atoms with Gasteiger partial charge in [-0.3, -0.25) is 10.1 Å². The molecule has 0 bridgehead atoms. The van der Waals surface area contributed by atoms with Crippen molar-refractivity contribution in [1.82, 2.24) is 0 Å². The van der Waals surface area contributed by atoms with Gasteiger partial charge in [-0.25, -0.2) is 0 Å². The fourth-order valence-corrected chi connectivity index (χ4v) is 3.06. The van der Waals surface area contributed by atoms with E-state index < -0.39 is 4.92 Å². The zero-order valence-electron chi connectivity index (χ0n) is 9.76. The van der Waals surface area contributed by atoms with Crippen LogP contribution in [0.1, 0.15) is 18.4 Å². The van der Waals surface area contributed by atoms with E-state index in [0.717, 1.165) is 30.0 Å². The number of benzene rings is 1. The van der Waals surface area contributed by atoms with Crippen molar-refractivity contribution in [3.05, 3.63) is 33.9 Å². The number of anilines is 1. The lowest BCUT2D eigenvalue weighted by molar-refractivity contribution is -0.385. The first-order valence-corrected chi connectivity index (χ1v) is 6.89. The largest absolute Gasteiger partial charge is 0.382 e. The molecule has 1 N–H and O–H groups in total. The van der Waals surface area contributed by atoms with Crippen LogP contribution in [0.25, 0.3) is 0 Å². The predicted molar refractivity (Wildman–Crippen MR) is 71.8 cm³/mol. The fourth-order valence-electron chi connectivity index (χ4n) is 1.95. The highest BCUT2D eigenvalue weighted by Crippen LogP contribution is 2.25. The summed E-state index contributed by atoms with van der Waals surface area (Å²) in [7, 11) is 0. The van der Waals surface area contributed by atoms with Gasteiger partial charge in [-0.1, -0.05) is 0 Å². The van der Waals surface area contributed by atoms with Crippen molar-refractivity contribution in [2.75, 3.05) is 16.8 Å². The Kier molecular flexibility index (Phi) is 4.05. The van der Waals surface area contributed by atoms with E-state index in [4.69, 9.17) is 5.26 Å². The van der Waals surface area contributed by atoms with Gasteiger partial charge in [0.1, 0.15) is 11.6 Å². The minimum Gasteiger partial charge on any atom is -0.382 e. The van der Waals surface area contributed by atoms with Crippen LogP contribution in [0.4, 0.5) is 11.4 Å². The van der Waals surface area contributed by atoms with Crippen molar-refractivity contribution in [3.8, 4) is 6.07 Å². The molecule has 0 aromatic heterocycles. The van der Waals surface area contributed by atoms with E-state index in [2.05, 4.69) is 5.32 Å². The van der Waals surface area contributed by atoms with Crippen molar-refractivity contribution in [1.29, 1.82) is 5.26 Å². The Hall–Kier alpha value is -1.74. The highest BCUT2D eigenvalue weighted by molar-refractivity contribution is 7.99. The van der Waals surface area contributed by atoms with Crippen molar-refractivity contribution < 1.29 is 4.92 Å². The average molecular weight is 263 g/mol. The molecular formula is C12H13N3O2S. The number of nitro benzene ring substituents is 1. The van der Waals surface area contributed by atoms with Crippen LogP contribution in [-0.2, 0) is 0 Å². The van der Waals surface area contributed by atoms with Gasteiger partial charge in [0.15, 0.2) is 0 Å². The van der Waals surface area contributed by atoms with Gasteiger partial charge in [-0.05, 0) is 36.5 Å². The van der Waals surface area contributed by atoms with Crippen LogP contribution < -0.4 is 5.32 Å². The third kappa shape index (κ3) is 2.93. The highest BCUT2D eigenvalue weighted by atomic mass is 32.2. The Morgan fingerprint density at radius 1 is 1.44 bits per heavy atom. The molecule has 1 saturated heterocycles. The molecule has 1 heterocycles. The molecule has 0 aliphatic carbocycles. The van der Waals surface area contributed by atoms with Crippen LogP contribution in [-0.4, -0.2) is 22.5 Å². The van der Waals surface area contributed by atoms with Gasteiger partial charge >= 0.3 is 0 Å². The van der Waals surface area contributed by atoms with Crippen LogP contribution in [0.5, 0.6) is 0 Å². The molecule has 1 aliphatic rings. The molecule has 0 atom stereocenters. The standard InChI is InChI=1S/C12H13N3O2S/c13-8-9-7-11(1-2-12(9)15(16)17)14-10-3-5-18-6-4-10/h1-2,7,10,14H,3-6H2. The maximum absolute atomic E-state index is 10.7. The summed E-state index contributed by atoms with van der Waals surface area (Å²) in [6.45, 7) is 0. The number of nitrogens with zero attached hydrogens (tertiary/aromatic N) is 2. The molecule has 94 valence electrons. The molecule has 1 aliphatic heterocycles. The van der Waals surface area contributed by atoms with E-state index >= 15 is 0 Å². The van der Waals surface area contributed by atoms with Gasteiger partial charge in [-0.15, -0.1) is 0 Å². The van der Waals surface area contributed by atoms with Crippen molar-refractivity contribution in [3.63, 3.8) is 0 Å². The Labute approximate surface area is 109 Å². The molecule has 0 amide bonds. The summed E-state index contributed by atoms with van der Waals surface area (Å²) in [5.74, 6) is 2.27. The summed E-state index contributed by atoms with van der Waals surface area (Å²) < 4.78 is 0. The van der Waals surface area contributed by atoms with E-state index in [9.17, 15) is 10.1 Å². The van der Waals surface area contributed by atoms with E-state index in [1.165, 1.54) is 6.07 Å². The van der Waals surface area contributed by atoms with Gasteiger partial charge in [0.25, 0.3) is 5.69 Å². The lowest BCUT2D eigenvalue weighted by atomic mass is 10.1. The Morgan fingerprint density at radius 3 is 2.78 bits per heavy atom. The van der Waals surface area contributed by atoms with Gasteiger partial charge in [0.05, 0.1) is 4.92 Å². The quantitative estimate of drug-likeness (QED) is 0.670. The lowest BCUT2D eigenvalue weighted by Crippen LogP contribution is -2.24. The molecule has 1 fully saturated rings. The minimum atomic E-state index is -0.528. The molecule has 0 spiro atoms. The zero-order valence-corrected chi connectivity index (χ0v) is 10.6. The van der Waals surface area contributed by atoms with Crippen molar-refractivity contribution >= 4 is 23.1 Å². The fraction of sp³-hybridized carbons (Fsp3) is 0.417. The monoisotopic (exact) mass is 263 g/mol. The van der Waals surface area contributed by atoms with E-state index in [1.807, 2.05) is 17.8 Å². The highest BCUT2D eigenvalue weighted by Gasteiger charge is 2.16. The molecule has 0 saturated carbocycles. The Balaban J connectivity index is 2.14. The molecule has 1 aromatic carbocycles. The van der Waals surface area contributed by atoms with Crippen LogP contribution >= 0.6 is 11.8 Å². The summed E-state index contributed by atoms with van der Waals surface area (Å²) in [4.78, 5) is 10.2. The number of hydrogen-bond acceptors (Lipinski definition) is 5. The number of nitriles is 1. The van der Waals surface area contributed by atoms with Gasteiger partial charge in [0.2, 0.25) is 0 Å². The molecule has 5 nitrogen and oxygen atoms in total. The van der Waals surface area contributed by atoms with Crippen LogP contribution in [0, 0.1) is 21.4 Å². The third-order valence-corrected chi connectivity index (χ3v) is 3.95. The number of nitro groups is 1. The van der Waals surface area contributed by atoms with Crippen molar-refractivity contribution in [2.24, 2.45) is 0 Å². The summed E-state index contributed by atoms with van der Waals surface area (Å²) in [5.41, 5.74) is 0.756. The van der Waals surface area contributed by atoms with Gasteiger partial charge < -0.3 is 5.32 Å². The SMILES string of the molecule is N#Cc1cc(NC2CCSCC2)ccc1[N+](=O)[O-]. The first-order valence-electron chi connectivity index (χ1n) is 5.73. The lowest BCUT2D eigenvalue weighted by Gasteiger charge is -2.23. The second kappa shape index (κ2) is 5.74. The van der Waals surface area contributed by atoms with Gasteiger partial charge in [-0.2, -0.15) is 17.0 Å². The van der Waals surface area contributed by atoms with Crippen LogP contribution in [0.2, 0.25) is 0 Å². The minimum absolute atomic E-state index is 0.107. The maximum Gasteiger partial charge on any atom is 0.287 e. The smallest absolute Gasteiger partial charge is 0.287 e. The van der Waals surface area contributed by atoms with Crippen LogP contribution in [0.3, 0.4) is 0 Å². The first kappa shape index (κ1) is 12.7. The predicted octanol–water partition coefficient (Wildman–Crippen LogP) is 2.77. The van der Waals surface area contributed by atoms with E-state index in [-0.39, 0.29) is 11.3 Å². The molecular weight excluding hydrogens is 250 g/mol. The molecule has 6 heteroatoms. The summed E-state index contributed by atoms with van der Waals surface area (Å²) in [6.07, 6.45) is 2.17. The third-order valence-electron chi connectivity index (χ3n) is 2.91. The normalized spacial score (nSPS) is 15.9. The second-order valence-electron chi connectivity index (χ2n) is 4.13. The summed E-state index contributed by atoms with van der Waals surface area (Å²) in [5, 5.41) is 23.0. The van der Waals surface area contributed by atoms with E-state index in [0.29, 0.717) is 6.04 Å². The zero-order chi connectivity index (χ0) is 13.0. The molecule has 0 unspecified atom stereocenters. The summed E-state index contributed by atoms with van der Waals surface area (Å²) in [6, 6.07) is 6.88. The van der Waals surface area contributed by atoms with Gasteiger partial charge in [0, 0.05) is 17.8 Å². The van der Waals surface area contributed by atoms with E-state index in [1.54, 1.807) is 12.1 Å². The second-order valence-corrected chi connectivity index (χ2v) is 5.36. The topological polar surface area (TPSA) is 79.0 Å². The molecule has 0 radical (unpaired) electrons. The molecule has 2 rings (SSSR count). The first-order chi connectivity index (χ1) is 8.70. The number of rotatable bonds is 3. The summed E-state index contributed by atoms with van der Waals surface area (Å²) >= 11 is 1.94. The van der Waals surface area contributed by atoms with Crippen molar-refractivity contribution in [2.45, 2.75) is 18.9 Å².